The number of rotatable bonds is 9. The van der Waals surface area contributed by atoms with E-state index in [2.05, 4.69) is 0 Å². The number of hydrogen-bond donors (Lipinski definition) is 1. The quantitative estimate of drug-likeness (QED) is 0.162. The normalized spacial score (nSPS) is 15.6. The summed E-state index contributed by atoms with van der Waals surface area (Å²) < 4.78 is 123. The lowest BCUT2D eigenvalue weighted by atomic mass is 10.1. The number of halogens is 9. The van der Waals surface area contributed by atoms with E-state index in [1.54, 1.807) is 13.8 Å². The van der Waals surface area contributed by atoms with Crippen LogP contribution in [0.4, 0.5) is 39.5 Å². The Bertz CT molecular complexity index is 1180. The van der Waals surface area contributed by atoms with Crippen LogP contribution < -0.4 is 15.9 Å². The van der Waals surface area contributed by atoms with Gasteiger partial charge < -0.3 is 4.89 Å². The molecule has 14 heteroatoms. The first-order valence-corrected chi connectivity index (χ1v) is 15.2. The fourth-order valence-electron chi connectivity index (χ4n) is 3.21. The second-order valence-corrected chi connectivity index (χ2v) is 15.9. The molecule has 3 rings (SSSR count). The van der Waals surface area contributed by atoms with E-state index >= 15 is 0 Å². The Hall–Kier alpha value is -1.37. The van der Waals surface area contributed by atoms with E-state index < -0.39 is 87.7 Å². The minimum atomic E-state index is -2.21. The van der Waals surface area contributed by atoms with Crippen LogP contribution in [0.2, 0.25) is 0 Å². The van der Waals surface area contributed by atoms with Crippen molar-refractivity contribution in [3.8, 4) is 0 Å². The zero-order valence-electron chi connectivity index (χ0n) is 19.0. The number of hydrogen-bond acceptors (Lipinski definition) is 2. The van der Waals surface area contributed by atoms with E-state index in [-0.39, 0.29) is 21.7 Å². The minimum Gasteiger partial charge on any atom is -0.359 e. The molecular weight excluding hydrogens is 588 g/mol. The van der Waals surface area contributed by atoms with Crippen molar-refractivity contribution >= 4 is 51.8 Å². The Morgan fingerprint density at radius 1 is 0.703 bits per heavy atom. The molecule has 0 saturated carbocycles. The van der Waals surface area contributed by atoms with Crippen LogP contribution in [0.1, 0.15) is 13.8 Å². The lowest BCUT2D eigenvalue weighted by Crippen LogP contribution is -2.29. The minimum absolute atomic E-state index is 0.0697. The summed E-state index contributed by atoms with van der Waals surface area (Å²) in [5.74, 6) is -14.0. The fourth-order valence-corrected chi connectivity index (χ4v) is 10.5. The third-order valence-corrected chi connectivity index (χ3v) is 12.7. The molecule has 0 heterocycles. The first kappa shape index (κ1) is 30.2. The molecule has 4 unspecified atom stereocenters. The summed E-state index contributed by atoms with van der Waals surface area (Å²) in [7, 11) is -3.07. The molecule has 0 fully saturated rings. The van der Waals surface area contributed by atoms with Crippen LogP contribution in [0.5, 0.6) is 0 Å². The molecule has 0 aliphatic rings. The van der Waals surface area contributed by atoms with Crippen LogP contribution in [-0.2, 0) is 0 Å². The van der Waals surface area contributed by atoms with Gasteiger partial charge in [0.1, 0.15) is 7.35 Å². The van der Waals surface area contributed by atoms with Gasteiger partial charge in [-0.15, -0.1) is 11.4 Å². The highest BCUT2D eigenvalue weighted by Crippen LogP contribution is 2.54. The average Bonchev–Trinajstić information content (AvgIpc) is 2.82. The Morgan fingerprint density at radius 2 is 1.03 bits per heavy atom. The third kappa shape index (κ3) is 7.19. The van der Waals surface area contributed by atoms with Gasteiger partial charge in [0, 0.05) is 16.0 Å². The highest BCUT2D eigenvalue weighted by molar-refractivity contribution is 8.56. The second-order valence-electron chi connectivity index (χ2n) is 8.15. The van der Waals surface area contributed by atoms with E-state index in [0.29, 0.717) is 12.1 Å². The van der Waals surface area contributed by atoms with Crippen LogP contribution in [0.3, 0.4) is 0 Å². The summed E-state index contributed by atoms with van der Waals surface area (Å²) in [5, 5.41) is -0.0407. The summed E-state index contributed by atoms with van der Waals surface area (Å²) in [6.07, 6.45) is 0. The predicted octanol–water partition coefficient (Wildman–Crippen LogP) is 6.96. The molecule has 37 heavy (non-hydrogen) atoms. The largest absolute Gasteiger partial charge is 0.359 e. The zero-order valence-corrected chi connectivity index (χ0v) is 22.7. The molecule has 4 atom stereocenters. The SMILES string of the molecule is CC(CSP(O)c1cc(F)c(F)c(F)c1)C(C)(Pc1cc(F)c(F)c(F)c1)Pc1cc(F)c(F)c(F)c1. The van der Waals surface area contributed by atoms with Gasteiger partial charge in [0.2, 0.25) is 0 Å². The molecule has 3 aromatic rings. The van der Waals surface area contributed by atoms with Gasteiger partial charge in [0.05, 0.1) is 0 Å². The van der Waals surface area contributed by atoms with Crippen LogP contribution in [0, 0.1) is 58.3 Å². The predicted molar refractivity (Wildman–Crippen MR) is 134 cm³/mol. The molecule has 0 aromatic heterocycles. The fraction of sp³-hybridized carbons (Fsp3) is 0.217. The van der Waals surface area contributed by atoms with Crippen molar-refractivity contribution in [3.63, 3.8) is 0 Å². The Labute approximate surface area is 215 Å². The van der Waals surface area contributed by atoms with Crippen molar-refractivity contribution in [2.24, 2.45) is 5.92 Å². The van der Waals surface area contributed by atoms with Gasteiger partial charge in [0.25, 0.3) is 0 Å². The molecule has 3 aromatic carbocycles. The molecule has 1 N–H and O–H groups in total. The van der Waals surface area contributed by atoms with Crippen molar-refractivity contribution in [1.29, 1.82) is 0 Å². The summed E-state index contributed by atoms with van der Waals surface area (Å²) in [6.45, 7) is 3.32. The van der Waals surface area contributed by atoms with Gasteiger partial charge >= 0.3 is 0 Å². The summed E-state index contributed by atoms with van der Waals surface area (Å²) in [4.78, 5) is 9.47. The Balaban J connectivity index is 1.89. The van der Waals surface area contributed by atoms with E-state index in [1.165, 1.54) is 0 Å². The monoisotopic (exact) mass is 606 g/mol. The van der Waals surface area contributed by atoms with Gasteiger partial charge in [-0.1, -0.05) is 31.0 Å². The van der Waals surface area contributed by atoms with Crippen LogP contribution in [0.15, 0.2) is 36.4 Å². The standard InChI is InChI=1S/C23H18F9OP3S/c1-10(9-37-36(33)13-7-18(28)22(32)19(29)8-13)23(2,34-11-3-14(24)20(30)15(25)4-11)35-12-5-16(26)21(31)17(27)6-12/h3-8,10,33-35H,9H2,1-2H3. The molecule has 0 radical (unpaired) electrons. The van der Waals surface area contributed by atoms with Crippen LogP contribution in [-0.4, -0.2) is 15.5 Å². The average molecular weight is 606 g/mol. The summed E-state index contributed by atoms with van der Waals surface area (Å²) >= 11 is 0.884. The van der Waals surface area contributed by atoms with Crippen molar-refractivity contribution in [1.82, 2.24) is 0 Å². The van der Waals surface area contributed by atoms with Crippen LogP contribution >= 0.6 is 35.9 Å². The van der Waals surface area contributed by atoms with E-state index in [0.717, 1.165) is 35.6 Å². The molecule has 0 bridgehead atoms. The molecule has 0 aliphatic carbocycles. The van der Waals surface area contributed by atoms with Gasteiger partial charge in [-0.05, 0) is 52.9 Å². The summed E-state index contributed by atoms with van der Waals surface area (Å²) in [6, 6.07) is 4.53. The van der Waals surface area contributed by atoms with Gasteiger partial charge in [-0.3, -0.25) is 0 Å². The molecule has 0 amide bonds. The molecule has 1 nitrogen and oxygen atoms in total. The third-order valence-electron chi connectivity index (χ3n) is 5.40. The lowest BCUT2D eigenvalue weighted by molar-refractivity contribution is 0.448. The Kier molecular flexibility index (Phi) is 9.96. The van der Waals surface area contributed by atoms with Crippen molar-refractivity contribution in [3.05, 3.63) is 88.8 Å². The summed E-state index contributed by atoms with van der Waals surface area (Å²) in [5.41, 5.74) is 0. The first-order chi connectivity index (χ1) is 17.2. The first-order valence-electron chi connectivity index (χ1n) is 10.3. The molecule has 0 spiro atoms. The van der Waals surface area contributed by atoms with Crippen molar-refractivity contribution in [2.45, 2.75) is 18.7 Å². The van der Waals surface area contributed by atoms with Crippen LogP contribution in [0.25, 0.3) is 0 Å². The van der Waals surface area contributed by atoms with E-state index in [1.807, 2.05) is 0 Å². The highest BCUT2D eigenvalue weighted by Gasteiger charge is 2.34. The maximum Gasteiger partial charge on any atom is 0.194 e. The smallest absolute Gasteiger partial charge is 0.194 e. The Morgan fingerprint density at radius 3 is 1.38 bits per heavy atom. The highest BCUT2D eigenvalue weighted by atomic mass is 32.7. The topological polar surface area (TPSA) is 20.2 Å². The van der Waals surface area contributed by atoms with Gasteiger partial charge in [-0.25, -0.2) is 39.5 Å². The zero-order chi connectivity index (χ0) is 27.7. The van der Waals surface area contributed by atoms with Gasteiger partial charge in [-0.2, -0.15) is 0 Å². The molecular formula is C23H18F9OP3S. The second kappa shape index (κ2) is 12.2. The van der Waals surface area contributed by atoms with Crippen molar-refractivity contribution < 1.29 is 44.4 Å². The van der Waals surface area contributed by atoms with E-state index in [4.69, 9.17) is 0 Å². The van der Waals surface area contributed by atoms with Gasteiger partial charge in [0.15, 0.2) is 52.4 Å². The maximum atomic E-state index is 13.9. The maximum absolute atomic E-state index is 13.9. The molecule has 0 saturated heterocycles. The molecule has 200 valence electrons. The number of benzene rings is 3. The lowest BCUT2D eigenvalue weighted by Gasteiger charge is -2.36. The van der Waals surface area contributed by atoms with Crippen molar-refractivity contribution in [2.75, 3.05) is 5.75 Å². The molecule has 0 aliphatic heterocycles. The van der Waals surface area contributed by atoms with E-state index in [9.17, 15) is 44.4 Å².